The number of benzene rings is 2. The molecule has 0 fully saturated rings. The summed E-state index contributed by atoms with van der Waals surface area (Å²) in [5.41, 5.74) is 3.13. The largest absolute Gasteiger partial charge is 0.341 e. The first-order valence-electron chi connectivity index (χ1n) is 8.50. The van der Waals surface area contributed by atoms with Crippen molar-refractivity contribution < 1.29 is 9.59 Å². The van der Waals surface area contributed by atoms with Crippen molar-refractivity contribution in [2.45, 2.75) is 25.9 Å². The summed E-state index contributed by atoms with van der Waals surface area (Å²) in [7, 11) is 1.80. The molecule has 26 heavy (non-hydrogen) atoms. The lowest BCUT2D eigenvalue weighted by molar-refractivity contribution is -0.134. The van der Waals surface area contributed by atoms with E-state index in [1.54, 1.807) is 23.0 Å². The Kier molecular flexibility index (Phi) is 5.57. The van der Waals surface area contributed by atoms with Gasteiger partial charge in [-0.05, 0) is 34.9 Å². The molecular weight excluding hydrogens is 392 g/mol. The van der Waals surface area contributed by atoms with Crippen molar-refractivity contribution in [2.24, 2.45) is 0 Å². The van der Waals surface area contributed by atoms with Gasteiger partial charge in [-0.2, -0.15) is 0 Å². The van der Waals surface area contributed by atoms with Crippen molar-refractivity contribution in [1.82, 2.24) is 9.80 Å². The Morgan fingerprint density at radius 3 is 2.50 bits per heavy atom. The Morgan fingerprint density at radius 2 is 1.81 bits per heavy atom. The van der Waals surface area contributed by atoms with Crippen molar-refractivity contribution in [3.8, 4) is 0 Å². The SMILES string of the molecule is CC(=O)N1C=Cc2ccccc2[C@@H]1CC(=O)N(C)Cc1ccc(Br)cc1. The average Bonchev–Trinajstić information content (AvgIpc) is 2.63. The zero-order valence-corrected chi connectivity index (χ0v) is 16.4. The number of rotatable bonds is 4. The molecule has 1 atom stereocenters. The van der Waals surface area contributed by atoms with Gasteiger partial charge < -0.3 is 9.80 Å². The van der Waals surface area contributed by atoms with Crippen molar-refractivity contribution in [3.05, 3.63) is 75.9 Å². The third-order valence-electron chi connectivity index (χ3n) is 4.60. The Balaban J connectivity index is 1.76. The number of halogens is 1. The van der Waals surface area contributed by atoms with E-state index in [9.17, 15) is 9.59 Å². The van der Waals surface area contributed by atoms with Crippen LogP contribution in [0.2, 0.25) is 0 Å². The first-order chi connectivity index (χ1) is 12.5. The number of carbonyl (C=O) groups excluding carboxylic acids is 2. The highest BCUT2D eigenvalue weighted by molar-refractivity contribution is 9.10. The summed E-state index contributed by atoms with van der Waals surface area (Å²) in [6.07, 6.45) is 3.95. The van der Waals surface area contributed by atoms with Crippen LogP contribution in [0, 0.1) is 0 Å². The van der Waals surface area contributed by atoms with E-state index >= 15 is 0 Å². The molecule has 134 valence electrons. The number of fused-ring (bicyclic) bond motifs is 1. The summed E-state index contributed by atoms with van der Waals surface area (Å²) < 4.78 is 1.01. The van der Waals surface area contributed by atoms with Crippen LogP contribution in [0.3, 0.4) is 0 Å². The van der Waals surface area contributed by atoms with Crippen LogP contribution in [0.5, 0.6) is 0 Å². The maximum absolute atomic E-state index is 12.8. The minimum absolute atomic E-state index is 0.00859. The van der Waals surface area contributed by atoms with Gasteiger partial charge in [0.1, 0.15) is 0 Å². The van der Waals surface area contributed by atoms with Gasteiger partial charge in [0.2, 0.25) is 11.8 Å². The van der Waals surface area contributed by atoms with Crippen LogP contribution in [0.1, 0.15) is 36.1 Å². The molecular formula is C21H21BrN2O2. The molecule has 0 bridgehead atoms. The lowest BCUT2D eigenvalue weighted by Gasteiger charge is -2.33. The molecule has 0 aromatic heterocycles. The molecule has 3 rings (SSSR count). The lowest BCUT2D eigenvalue weighted by atomic mass is 9.93. The van der Waals surface area contributed by atoms with Gasteiger partial charge in [0.15, 0.2) is 0 Å². The van der Waals surface area contributed by atoms with E-state index < -0.39 is 0 Å². The van der Waals surface area contributed by atoms with E-state index in [0.717, 1.165) is 21.2 Å². The van der Waals surface area contributed by atoms with Crippen LogP contribution in [0.4, 0.5) is 0 Å². The maximum atomic E-state index is 12.8. The zero-order chi connectivity index (χ0) is 18.7. The van der Waals surface area contributed by atoms with E-state index in [1.165, 1.54) is 6.92 Å². The summed E-state index contributed by atoms with van der Waals surface area (Å²) in [6, 6.07) is 15.6. The predicted molar refractivity (Wildman–Crippen MR) is 106 cm³/mol. The molecule has 2 aromatic carbocycles. The number of carbonyl (C=O) groups is 2. The van der Waals surface area contributed by atoms with E-state index in [-0.39, 0.29) is 24.3 Å². The topological polar surface area (TPSA) is 40.6 Å². The Labute approximate surface area is 162 Å². The molecule has 1 aliphatic rings. The highest BCUT2D eigenvalue weighted by atomic mass is 79.9. The molecule has 0 unspecified atom stereocenters. The Morgan fingerprint density at radius 1 is 1.12 bits per heavy atom. The summed E-state index contributed by atoms with van der Waals surface area (Å²) in [6.45, 7) is 2.07. The third-order valence-corrected chi connectivity index (χ3v) is 5.12. The molecule has 0 saturated heterocycles. The van der Waals surface area contributed by atoms with Crippen LogP contribution in [0.15, 0.2) is 59.2 Å². The first kappa shape index (κ1) is 18.4. The average molecular weight is 413 g/mol. The summed E-state index contributed by atoms with van der Waals surface area (Å²) in [5, 5.41) is 0. The fraction of sp³-hybridized carbons (Fsp3) is 0.238. The lowest BCUT2D eigenvalue weighted by Crippen LogP contribution is -2.35. The highest BCUT2D eigenvalue weighted by Crippen LogP contribution is 2.33. The molecule has 5 heteroatoms. The van der Waals surface area contributed by atoms with Gasteiger partial charge >= 0.3 is 0 Å². The third kappa shape index (κ3) is 4.05. The Bertz CT molecular complexity index is 845. The van der Waals surface area contributed by atoms with E-state index in [2.05, 4.69) is 15.9 Å². The molecule has 0 saturated carbocycles. The van der Waals surface area contributed by atoms with E-state index in [1.807, 2.05) is 54.6 Å². The van der Waals surface area contributed by atoms with Gasteiger partial charge in [0.25, 0.3) is 0 Å². The van der Waals surface area contributed by atoms with Crippen molar-refractivity contribution in [1.29, 1.82) is 0 Å². The predicted octanol–water partition coefficient (Wildman–Crippen LogP) is 4.37. The standard InChI is InChI=1S/C21H21BrN2O2/c1-15(25)24-12-11-17-5-3-4-6-19(17)20(24)13-21(26)23(2)14-16-7-9-18(22)10-8-16/h3-12,20H,13-14H2,1-2H3/t20-/m0/s1. The molecule has 0 N–H and O–H groups in total. The van der Waals surface area contributed by atoms with Crippen molar-refractivity contribution in [2.75, 3.05) is 7.05 Å². The smallest absolute Gasteiger partial charge is 0.225 e. The maximum Gasteiger partial charge on any atom is 0.225 e. The van der Waals surface area contributed by atoms with Gasteiger partial charge in [0.05, 0.1) is 12.5 Å². The molecule has 4 nitrogen and oxygen atoms in total. The van der Waals surface area contributed by atoms with Gasteiger partial charge in [-0.3, -0.25) is 9.59 Å². The van der Waals surface area contributed by atoms with Crippen molar-refractivity contribution >= 4 is 33.8 Å². The van der Waals surface area contributed by atoms with Gasteiger partial charge in [-0.1, -0.05) is 52.3 Å². The van der Waals surface area contributed by atoms with Crippen LogP contribution in [-0.2, 0) is 16.1 Å². The highest BCUT2D eigenvalue weighted by Gasteiger charge is 2.29. The normalized spacial score (nSPS) is 15.5. The van der Waals surface area contributed by atoms with Crippen LogP contribution < -0.4 is 0 Å². The first-order valence-corrected chi connectivity index (χ1v) is 9.29. The minimum Gasteiger partial charge on any atom is -0.341 e. The molecule has 0 aliphatic carbocycles. The molecule has 0 radical (unpaired) electrons. The van der Waals surface area contributed by atoms with Gasteiger partial charge in [0, 0.05) is 31.2 Å². The molecule has 2 amide bonds. The summed E-state index contributed by atoms with van der Waals surface area (Å²) in [5.74, 6) is -0.0570. The quantitative estimate of drug-likeness (QED) is 0.747. The fourth-order valence-electron chi connectivity index (χ4n) is 3.19. The van der Waals surface area contributed by atoms with Gasteiger partial charge in [-0.25, -0.2) is 0 Å². The summed E-state index contributed by atoms with van der Waals surface area (Å²) in [4.78, 5) is 28.2. The number of amides is 2. The molecule has 1 aliphatic heterocycles. The van der Waals surface area contributed by atoms with Gasteiger partial charge in [-0.15, -0.1) is 0 Å². The van der Waals surface area contributed by atoms with Crippen LogP contribution in [0.25, 0.3) is 6.08 Å². The molecule has 1 heterocycles. The zero-order valence-electron chi connectivity index (χ0n) is 14.9. The molecule has 2 aromatic rings. The van der Waals surface area contributed by atoms with E-state index in [0.29, 0.717) is 6.54 Å². The van der Waals surface area contributed by atoms with Crippen molar-refractivity contribution in [3.63, 3.8) is 0 Å². The second-order valence-corrected chi connectivity index (χ2v) is 7.38. The summed E-state index contributed by atoms with van der Waals surface area (Å²) >= 11 is 3.42. The number of hydrogen-bond donors (Lipinski definition) is 0. The number of hydrogen-bond acceptors (Lipinski definition) is 2. The fourth-order valence-corrected chi connectivity index (χ4v) is 3.45. The van der Waals surface area contributed by atoms with Crippen LogP contribution in [-0.4, -0.2) is 28.7 Å². The monoisotopic (exact) mass is 412 g/mol. The second kappa shape index (κ2) is 7.87. The van der Waals surface area contributed by atoms with E-state index in [4.69, 9.17) is 0 Å². The molecule has 0 spiro atoms. The minimum atomic E-state index is -0.270. The number of nitrogens with zero attached hydrogens (tertiary/aromatic N) is 2. The Hall–Kier alpha value is -2.40. The second-order valence-electron chi connectivity index (χ2n) is 6.47. The van der Waals surface area contributed by atoms with Crippen LogP contribution >= 0.6 is 15.9 Å².